The molecule has 0 saturated heterocycles. The normalized spacial score (nSPS) is 10.5. The monoisotopic (exact) mass is 445 g/mol. The minimum absolute atomic E-state index is 0.127. The largest absolute Gasteiger partial charge is 0.493 e. The zero-order valence-corrected chi connectivity index (χ0v) is 18.5. The summed E-state index contributed by atoms with van der Waals surface area (Å²) < 4.78 is 26.8. The van der Waals surface area contributed by atoms with Gasteiger partial charge in [0, 0.05) is 12.0 Å². The van der Waals surface area contributed by atoms with E-state index in [-0.39, 0.29) is 18.8 Å². The lowest BCUT2D eigenvalue weighted by Gasteiger charge is -2.13. The molecular weight excluding hydrogens is 418 g/mol. The molecule has 0 aliphatic rings. The Hall–Kier alpha value is -3.72. The molecule has 2 aromatic carbocycles. The highest BCUT2D eigenvalue weighted by molar-refractivity contribution is 6.07. The van der Waals surface area contributed by atoms with Crippen molar-refractivity contribution in [1.82, 2.24) is 5.48 Å². The quantitative estimate of drug-likeness (QED) is 0.168. The summed E-state index contributed by atoms with van der Waals surface area (Å²) in [5.41, 5.74) is 2.67. The molecule has 0 spiro atoms. The Kier molecular flexibility index (Phi) is 9.37. The molecule has 0 radical (unpaired) electrons. The highest BCUT2D eigenvalue weighted by Crippen LogP contribution is 2.38. The molecule has 0 atom stereocenters. The molecular formula is C23H27NO8. The van der Waals surface area contributed by atoms with Crippen molar-refractivity contribution in [3.8, 4) is 28.7 Å². The summed E-state index contributed by atoms with van der Waals surface area (Å²) >= 11 is 0. The van der Waals surface area contributed by atoms with E-state index in [1.54, 1.807) is 41.9 Å². The van der Waals surface area contributed by atoms with Crippen LogP contribution in [0.4, 0.5) is 0 Å². The highest BCUT2D eigenvalue weighted by atomic mass is 16.5. The molecule has 9 heteroatoms. The number of methoxy groups -OCH3 is 4. The van der Waals surface area contributed by atoms with Gasteiger partial charge in [-0.05, 0) is 42.3 Å². The molecule has 0 unspecified atom stereocenters. The standard InChI is InChI=1S/C23H27NO8/c1-28-18-10-8-15(12-19(18)32-11-5-6-22(26)24-27)7-9-17(25)16-13-20(29-2)23(31-4)21(14-16)30-3/h7-10,12-14,27H,5-6,11H2,1-4H3,(H,24,26)/b9-7+. The first-order valence-electron chi connectivity index (χ1n) is 9.73. The van der Waals surface area contributed by atoms with Crippen molar-refractivity contribution >= 4 is 17.8 Å². The van der Waals surface area contributed by atoms with Gasteiger partial charge in [0.25, 0.3) is 0 Å². The van der Waals surface area contributed by atoms with E-state index in [9.17, 15) is 9.59 Å². The third-order valence-corrected chi connectivity index (χ3v) is 4.49. The predicted molar refractivity (Wildman–Crippen MR) is 117 cm³/mol. The van der Waals surface area contributed by atoms with Crippen LogP contribution in [0, 0.1) is 0 Å². The third kappa shape index (κ3) is 6.39. The second-order valence-electron chi connectivity index (χ2n) is 6.51. The molecule has 9 nitrogen and oxygen atoms in total. The van der Waals surface area contributed by atoms with Crippen LogP contribution in [0.25, 0.3) is 6.08 Å². The second-order valence-corrected chi connectivity index (χ2v) is 6.51. The Balaban J connectivity index is 2.17. The maximum Gasteiger partial charge on any atom is 0.243 e. The fourth-order valence-corrected chi connectivity index (χ4v) is 2.87. The Morgan fingerprint density at radius 1 is 0.906 bits per heavy atom. The van der Waals surface area contributed by atoms with Gasteiger partial charge in [-0.15, -0.1) is 0 Å². The summed E-state index contributed by atoms with van der Waals surface area (Å²) in [5, 5.41) is 8.52. The Bertz CT molecular complexity index is 945. The van der Waals surface area contributed by atoms with Gasteiger partial charge in [0.05, 0.1) is 35.0 Å². The fraction of sp³-hybridized carbons (Fsp3) is 0.304. The van der Waals surface area contributed by atoms with Gasteiger partial charge in [0.1, 0.15) is 0 Å². The van der Waals surface area contributed by atoms with Gasteiger partial charge in [-0.1, -0.05) is 12.1 Å². The van der Waals surface area contributed by atoms with E-state index in [4.69, 9.17) is 28.9 Å². The van der Waals surface area contributed by atoms with E-state index in [1.165, 1.54) is 34.5 Å². The second kappa shape index (κ2) is 12.2. The zero-order valence-electron chi connectivity index (χ0n) is 18.5. The van der Waals surface area contributed by atoms with Crippen molar-refractivity contribution < 1.29 is 38.5 Å². The molecule has 0 aliphatic heterocycles. The van der Waals surface area contributed by atoms with Crippen molar-refractivity contribution in [2.24, 2.45) is 0 Å². The SMILES string of the molecule is COc1ccc(/C=C/C(=O)c2cc(OC)c(OC)c(OC)c2)cc1OCCCC(=O)NO. The summed E-state index contributed by atoms with van der Waals surface area (Å²) in [5.74, 6) is 1.44. The lowest BCUT2D eigenvalue weighted by atomic mass is 10.1. The lowest BCUT2D eigenvalue weighted by molar-refractivity contribution is -0.129. The first-order valence-corrected chi connectivity index (χ1v) is 9.73. The molecule has 2 rings (SSSR count). The number of nitrogens with one attached hydrogen (secondary N) is 1. The van der Waals surface area contributed by atoms with Gasteiger partial charge in [-0.3, -0.25) is 14.8 Å². The van der Waals surface area contributed by atoms with Crippen molar-refractivity contribution in [1.29, 1.82) is 0 Å². The minimum atomic E-state index is -0.484. The van der Waals surface area contributed by atoms with Crippen molar-refractivity contribution in [2.45, 2.75) is 12.8 Å². The summed E-state index contributed by atoms with van der Waals surface area (Å²) in [6.07, 6.45) is 3.62. The summed E-state index contributed by atoms with van der Waals surface area (Å²) in [7, 11) is 5.98. The van der Waals surface area contributed by atoms with Crippen LogP contribution in [-0.4, -0.2) is 51.9 Å². The van der Waals surface area contributed by atoms with E-state index in [1.807, 2.05) is 0 Å². The maximum atomic E-state index is 12.7. The van der Waals surface area contributed by atoms with Crippen LogP contribution < -0.4 is 29.2 Å². The number of rotatable bonds is 12. The molecule has 0 bridgehead atoms. The van der Waals surface area contributed by atoms with Crippen LogP contribution in [0.2, 0.25) is 0 Å². The van der Waals surface area contributed by atoms with Crippen LogP contribution in [-0.2, 0) is 4.79 Å². The maximum absolute atomic E-state index is 12.7. The van der Waals surface area contributed by atoms with Crippen LogP contribution in [0.15, 0.2) is 36.4 Å². The van der Waals surface area contributed by atoms with Crippen molar-refractivity contribution in [2.75, 3.05) is 35.0 Å². The number of amides is 1. The number of carbonyl (C=O) groups excluding carboxylic acids is 2. The molecule has 1 amide bonds. The Labute approximate surface area is 186 Å². The molecule has 0 aromatic heterocycles. The first-order chi connectivity index (χ1) is 15.5. The van der Waals surface area contributed by atoms with Crippen LogP contribution in [0.1, 0.15) is 28.8 Å². The minimum Gasteiger partial charge on any atom is -0.493 e. The van der Waals surface area contributed by atoms with Gasteiger partial charge in [-0.25, -0.2) is 5.48 Å². The topological polar surface area (TPSA) is 113 Å². The fourth-order valence-electron chi connectivity index (χ4n) is 2.87. The lowest BCUT2D eigenvalue weighted by Crippen LogP contribution is -2.18. The van der Waals surface area contributed by atoms with Crippen LogP contribution >= 0.6 is 0 Å². The summed E-state index contributed by atoms with van der Waals surface area (Å²) in [4.78, 5) is 23.8. The third-order valence-electron chi connectivity index (χ3n) is 4.49. The van der Waals surface area contributed by atoms with E-state index in [0.717, 1.165) is 5.56 Å². The predicted octanol–water partition coefficient (Wildman–Crippen LogP) is 3.28. The molecule has 32 heavy (non-hydrogen) atoms. The summed E-state index contributed by atoms with van der Waals surface area (Å²) in [6.45, 7) is 0.251. The van der Waals surface area contributed by atoms with Gasteiger partial charge in [-0.2, -0.15) is 0 Å². The average molecular weight is 445 g/mol. The molecule has 0 heterocycles. The molecule has 0 saturated carbocycles. The van der Waals surface area contributed by atoms with Crippen LogP contribution in [0.3, 0.4) is 0 Å². The average Bonchev–Trinajstić information content (AvgIpc) is 2.83. The Morgan fingerprint density at radius 2 is 1.56 bits per heavy atom. The van der Waals surface area contributed by atoms with E-state index in [0.29, 0.717) is 40.7 Å². The van der Waals surface area contributed by atoms with Gasteiger partial charge >= 0.3 is 0 Å². The number of allylic oxidation sites excluding steroid dienone is 1. The first kappa shape index (κ1) is 24.5. The number of benzene rings is 2. The number of carbonyl (C=O) groups is 2. The Morgan fingerprint density at radius 3 is 2.12 bits per heavy atom. The molecule has 172 valence electrons. The highest BCUT2D eigenvalue weighted by Gasteiger charge is 2.16. The number of ketones is 1. The van der Waals surface area contributed by atoms with Crippen molar-refractivity contribution in [3.05, 3.63) is 47.5 Å². The molecule has 2 aromatic rings. The van der Waals surface area contributed by atoms with E-state index >= 15 is 0 Å². The number of hydroxylamine groups is 1. The number of hydrogen-bond donors (Lipinski definition) is 2. The molecule has 2 N–H and O–H groups in total. The van der Waals surface area contributed by atoms with E-state index < -0.39 is 5.91 Å². The number of hydrogen-bond acceptors (Lipinski definition) is 8. The molecule has 0 aliphatic carbocycles. The van der Waals surface area contributed by atoms with Crippen molar-refractivity contribution in [3.63, 3.8) is 0 Å². The van der Waals surface area contributed by atoms with Gasteiger partial charge in [0.15, 0.2) is 28.8 Å². The summed E-state index contributed by atoms with van der Waals surface area (Å²) in [6, 6.07) is 8.39. The molecule has 0 fully saturated rings. The number of ether oxygens (including phenoxy) is 5. The zero-order chi connectivity index (χ0) is 23.5. The van der Waals surface area contributed by atoms with Gasteiger partial charge < -0.3 is 23.7 Å². The van der Waals surface area contributed by atoms with Gasteiger partial charge in [0.2, 0.25) is 11.7 Å². The smallest absolute Gasteiger partial charge is 0.243 e. The van der Waals surface area contributed by atoms with Crippen LogP contribution in [0.5, 0.6) is 28.7 Å². The van der Waals surface area contributed by atoms with E-state index in [2.05, 4.69) is 0 Å².